The first-order valence-corrected chi connectivity index (χ1v) is 8.35. The summed E-state index contributed by atoms with van der Waals surface area (Å²) in [7, 11) is 2.81. The standard InChI is InChI=1S/C19H21N3O5/c1-10-5-6-12-13(7-8-15(23)16(12)20-10)18-21-11(2)17(27-18)14(9-25-3)22-19(24)26-4/h5-8,14,23H,9H2,1-4H3,(H,22,24). The SMILES string of the molecule is COCC(NC(=O)OC)c1oc(-c2ccc(O)c3nc(C)ccc23)nc1C. The van der Waals surface area contributed by atoms with E-state index in [1.165, 1.54) is 14.2 Å². The van der Waals surface area contributed by atoms with Gasteiger partial charge < -0.3 is 24.3 Å². The number of oxazole rings is 1. The quantitative estimate of drug-likeness (QED) is 0.709. The summed E-state index contributed by atoms with van der Waals surface area (Å²) in [6.45, 7) is 3.84. The number of carbonyl (C=O) groups is 1. The number of nitrogens with one attached hydrogen (secondary N) is 1. The number of phenols is 1. The van der Waals surface area contributed by atoms with E-state index in [4.69, 9.17) is 9.15 Å². The monoisotopic (exact) mass is 371 g/mol. The van der Waals surface area contributed by atoms with Gasteiger partial charge in [0.05, 0.1) is 19.4 Å². The minimum Gasteiger partial charge on any atom is -0.506 e. The molecule has 1 unspecified atom stereocenters. The Morgan fingerprint density at radius 3 is 2.70 bits per heavy atom. The Morgan fingerprint density at radius 1 is 1.22 bits per heavy atom. The number of ether oxygens (including phenoxy) is 2. The van der Waals surface area contributed by atoms with Gasteiger partial charge in [0.1, 0.15) is 17.3 Å². The van der Waals surface area contributed by atoms with Crippen molar-refractivity contribution in [2.45, 2.75) is 19.9 Å². The number of aromatic hydroxyl groups is 1. The van der Waals surface area contributed by atoms with E-state index in [-0.39, 0.29) is 12.4 Å². The zero-order valence-electron chi connectivity index (χ0n) is 15.6. The number of alkyl carbamates (subject to hydrolysis) is 1. The van der Waals surface area contributed by atoms with Gasteiger partial charge in [0, 0.05) is 23.8 Å². The summed E-state index contributed by atoms with van der Waals surface area (Å²) in [5.74, 6) is 0.926. The van der Waals surface area contributed by atoms with E-state index in [0.717, 1.165) is 11.1 Å². The predicted octanol–water partition coefficient (Wildman–Crippen LogP) is 3.26. The fourth-order valence-electron chi connectivity index (χ4n) is 2.88. The number of amides is 1. The molecule has 0 saturated carbocycles. The molecule has 3 aromatic rings. The van der Waals surface area contributed by atoms with E-state index in [2.05, 4.69) is 20.0 Å². The maximum Gasteiger partial charge on any atom is 0.407 e. The van der Waals surface area contributed by atoms with Crippen LogP contribution in [-0.4, -0.2) is 42.0 Å². The molecule has 0 fully saturated rings. The van der Waals surface area contributed by atoms with Crippen molar-refractivity contribution in [3.63, 3.8) is 0 Å². The van der Waals surface area contributed by atoms with Crippen LogP contribution in [0.4, 0.5) is 4.79 Å². The number of rotatable bonds is 5. The number of aryl methyl sites for hydroxylation is 2. The summed E-state index contributed by atoms with van der Waals surface area (Å²) in [4.78, 5) is 20.5. The molecule has 3 rings (SSSR count). The summed E-state index contributed by atoms with van der Waals surface area (Å²) in [5.41, 5.74) is 2.58. The van der Waals surface area contributed by atoms with Crippen molar-refractivity contribution in [1.29, 1.82) is 0 Å². The molecule has 0 aliphatic rings. The van der Waals surface area contributed by atoms with Crippen LogP contribution in [0.5, 0.6) is 5.75 Å². The minimum absolute atomic E-state index is 0.0885. The van der Waals surface area contributed by atoms with Crippen LogP contribution in [0.15, 0.2) is 28.7 Å². The predicted molar refractivity (Wildman–Crippen MR) is 98.5 cm³/mol. The number of hydrogen-bond donors (Lipinski definition) is 2. The number of carbonyl (C=O) groups excluding carboxylic acids is 1. The highest BCUT2D eigenvalue weighted by Crippen LogP contribution is 2.34. The molecule has 1 atom stereocenters. The lowest BCUT2D eigenvalue weighted by atomic mass is 10.1. The van der Waals surface area contributed by atoms with Crippen molar-refractivity contribution < 1.29 is 23.8 Å². The van der Waals surface area contributed by atoms with Crippen molar-refractivity contribution in [1.82, 2.24) is 15.3 Å². The fourth-order valence-corrected chi connectivity index (χ4v) is 2.88. The van der Waals surface area contributed by atoms with Gasteiger partial charge in [-0.15, -0.1) is 0 Å². The molecule has 27 heavy (non-hydrogen) atoms. The largest absolute Gasteiger partial charge is 0.506 e. The van der Waals surface area contributed by atoms with Crippen molar-refractivity contribution in [3.8, 4) is 17.2 Å². The molecule has 8 heteroatoms. The number of nitrogens with zero attached hydrogens (tertiary/aromatic N) is 2. The van der Waals surface area contributed by atoms with Crippen LogP contribution in [-0.2, 0) is 9.47 Å². The lowest BCUT2D eigenvalue weighted by Crippen LogP contribution is -2.31. The summed E-state index contributed by atoms with van der Waals surface area (Å²) in [6.07, 6.45) is -0.593. The van der Waals surface area contributed by atoms with E-state index in [9.17, 15) is 9.90 Å². The second-order valence-electron chi connectivity index (χ2n) is 6.09. The van der Waals surface area contributed by atoms with Gasteiger partial charge in [0.2, 0.25) is 5.89 Å². The average molecular weight is 371 g/mol. The molecule has 2 heterocycles. The van der Waals surface area contributed by atoms with Crippen LogP contribution in [0, 0.1) is 13.8 Å². The molecule has 0 radical (unpaired) electrons. The highest BCUT2D eigenvalue weighted by atomic mass is 16.5. The van der Waals surface area contributed by atoms with Crippen molar-refractivity contribution >= 4 is 17.0 Å². The number of fused-ring (bicyclic) bond motifs is 1. The Kier molecular flexibility index (Phi) is 5.27. The van der Waals surface area contributed by atoms with Gasteiger partial charge >= 0.3 is 6.09 Å². The minimum atomic E-state index is -0.593. The maximum absolute atomic E-state index is 11.6. The molecule has 2 N–H and O–H groups in total. The van der Waals surface area contributed by atoms with Crippen molar-refractivity contribution in [2.24, 2.45) is 0 Å². The molecule has 0 bridgehead atoms. The van der Waals surface area contributed by atoms with E-state index in [1.54, 1.807) is 19.1 Å². The lowest BCUT2D eigenvalue weighted by Gasteiger charge is -2.15. The van der Waals surface area contributed by atoms with Gasteiger partial charge in [-0.05, 0) is 32.0 Å². The van der Waals surface area contributed by atoms with E-state index < -0.39 is 12.1 Å². The number of benzene rings is 1. The van der Waals surface area contributed by atoms with E-state index in [1.807, 2.05) is 19.1 Å². The Labute approximate surface area is 156 Å². The number of methoxy groups -OCH3 is 2. The molecule has 8 nitrogen and oxygen atoms in total. The molecule has 0 aliphatic carbocycles. The van der Waals surface area contributed by atoms with Crippen molar-refractivity contribution in [3.05, 3.63) is 41.4 Å². The highest BCUT2D eigenvalue weighted by Gasteiger charge is 2.24. The third-order valence-corrected chi connectivity index (χ3v) is 4.17. The Morgan fingerprint density at radius 2 is 2.00 bits per heavy atom. The molecular formula is C19H21N3O5. The van der Waals surface area contributed by atoms with Gasteiger partial charge in [0.25, 0.3) is 0 Å². The third-order valence-electron chi connectivity index (χ3n) is 4.17. The number of phenolic OH excluding ortho intramolecular Hbond substituents is 1. The Bertz CT molecular complexity index is 983. The normalized spacial score (nSPS) is 12.1. The van der Waals surface area contributed by atoms with Gasteiger partial charge in [-0.2, -0.15) is 0 Å². The first-order chi connectivity index (χ1) is 12.9. The Balaban J connectivity index is 2.07. The van der Waals surface area contributed by atoms with Crippen LogP contribution in [0.2, 0.25) is 0 Å². The average Bonchev–Trinajstić information content (AvgIpc) is 3.03. The summed E-state index contributed by atoms with van der Waals surface area (Å²) in [6, 6.07) is 6.46. The van der Waals surface area contributed by atoms with E-state index >= 15 is 0 Å². The summed E-state index contributed by atoms with van der Waals surface area (Å²) in [5, 5.41) is 13.5. The zero-order chi connectivity index (χ0) is 19.6. The zero-order valence-corrected chi connectivity index (χ0v) is 15.6. The number of hydrogen-bond acceptors (Lipinski definition) is 7. The molecule has 0 aliphatic heterocycles. The second-order valence-corrected chi connectivity index (χ2v) is 6.09. The second kappa shape index (κ2) is 7.63. The fraction of sp³-hybridized carbons (Fsp3) is 0.316. The first-order valence-electron chi connectivity index (χ1n) is 8.35. The third kappa shape index (κ3) is 3.70. The molecule has 1 amide bonds. The van der Waals surface area contributed by atoms with Crippen LogP contribution >= 0.6 is 0 Å². The molecule has 2 aromatic heterocycles. The topological polar surface area (TPSA) is 107 Å². The van der Waals surface area contributed by atoms with Crippen LogP contribution in [0.1, 0.15) is 23.2 Å². The van der Waals surface area contributed by atoms with Gasteiger partial charge in [-0.25, -0.2) is 14.8 Å². The van der Waals surface area contributed by atoms with Crippen LogP contribution < -0.4 is 5.32 Å². The van der Waals surface area contributed by atoms with E-state index in [0.29, 0.717) is 28.4 Å². The summed E-state index contributed by atoms with van der Waals surface area (Å²) < 4.78 is 15.8. The molecule has 142 valence electrons. The lowest BCUT2D eigenvalue weighted by molar-refractivity contribution is 0.134. The smallest absolute Gasteiger partial charge is 0.407 e. The molecule has 0 saturated heterocycles. The number of aromatic nitrogens is 2. The first kappa shape index (κ1) is 18.7. The van der Waals surface area contributed by atoms with Gasteiger partial charge in [0.15, 0.2) is 5.76 Å². The van der Waals surface area contributed by atoms with Crippen LogP contribution in [0.25, 0.3) is 22.4 Å². The number of pyridine rings is 1. The highest BCUT2D eigenvalue weighted by molar-refractivity contribution is 5.96. The van der Waals surface area contributed by atoms with Crippen molar-refractivity contribution in [2.75, 3.05) is 20.8 Å². The molecular weight excluding hydrogens is 350 g/mol. The van der Waals surface area contributed by atoms with Crippen LogP contribution in [0.3, 0.4) is 0 Å². The van der Waals surface area contributed by atoms with Gasteiger partial charge in [-0.1, -0.05) is 6.07 Å². The molecule has 1 aromatic carbocycles. The summed E-state index contributed by atoms with van der Waals surface area (Å²) >= 11 is 0. The maximum atomic E-state index is 11.6. The molecule has 0 spiro atoms. The van der Waals surface area contributed by atoms with Gasteiger partial charge in [-0.3, -0.25) is 0 Å². The Hall–Kier alpha value is -3.13.